The number of carbonyl (C=O) groups excluding carboxylic acids is 3. The number of piperidine rings is 1. The van der Waals surface area contributed by atoms with Crippen LogP contribution < -0.4 is 10.6 Å². The maximum Gasteiger partial charge on any atom is 0.313 e. The van der Waals surface area contributed by atoms with Crippen molar-refractivity contribution in [2.24, 2.45) is 0 Å². The monoisotopic (exact) mass is 444 g/mol. The van der Waals surface area contributed by atoms with Gasteiger partial charge in [-0.2, -0.15) is 0 Å². The summed E-state index contributed by atoms with van der Waals surface area (Å²) in [6.07, 6.45) is 3.20. The lowest BCUT2D eigenvalue weighted by Gasteiger charge is -2.44. The molecule has 3 atom stereocenters. The first-order valence-electron chi connectivity index (χ1n) is 10.2. The number of amides is 3. The highest BCUT2D eigenvalue weighted by molar-refractivity contribution is 8.00. The van der Waals surface area contributed by atoms with E-state index < -0.39 is 18.1 Å². The molecule has 2 aliphatic rings. The molecular formula is C21H24N4O5S. The number of hydrogen-bond donors (Lipinski definition) is 4. The molecule has 3 unspecified atom stereocenters. The lowest BCUT2D eigenvalue weighted by Crippen LogP contribution is -2.67. The number of nitrogens with zero attached hydrogens (tertiary/aromatic N) is 1. The Labute approximate surface area is 182 Å². The summed E-state index contributed by atoms with van der Waals surface area (Å²) >= 11 is 1.03. The van der Waals surface area contributed by atoms with Gasteiger partial charge >= 0.3 is 5.97 Å². The van der Waals surface area contributed by atoms with Crippen molar-refractivity contribution < 1.29 is 24.3 Å². The number of aromatic amines is 1. The molecule has 2 aromatic rings. The quantitative estimate of drug-likeness (QED) is 0.492. The minimum atomic E-state index is -0.967. The van der Waals surface area contributed by atoms with Gasteiger partial charge in [0.1, 0.15) is 12.1 Å². The third kappa shape index (κ3) is 4.68. The van der Waals surface area contributed by atoms with Gasteiger partial charge in [-0.25, -0.2) is 0 Å². The third-order valence-corrected chi connectivity index (χ3v) is 6.64. The van der Waals surface area contributed by atoms with Crippen LogP contribution in [-0.2, 0) is 25.6 Å². The molecule has 1 aromatic carbocycles. The molecule has 0 bridgehead atoms. The number of rotatable bonds is 7. The summed E-state index contributed by atoms with van der Waals surface area (Å²) in [6.45, 7) is 0.397. The molecule has 2 saturated heterocycles. The molecule has 4 N–H and O–H groups in total. The summed E-state index contributed by atoms with van der Waals surface area (Å²) < 4.78 is 0. The summed E-state index contributed by atoms with van der Waals surface area (Å²) in [6, 6.07) is 6.41. The number of carboxylic acid groups (broad SMARTS) is 1. The number of nitrogens with one attached hydrogen (secondary N) is 3. The number of piperazine rings is 1. The zero-order chi connectivity index (χ0) is 22.0. The Kier molecular flexibility index (Phi) is 6.17. The van der Waals surface area contributed by atoms with E-state index in [1.807, 2.05) is 30.5 Å². The minimum absolute atomic E-state index is 0.0506. The molecule has 0 saturated carbocycles. The number of para-hydroxylation sites is 1. The number of fused-ring (bicyclic) bond motifs is 2. The van der Waals surface area contributed by atoms with Gasteiger partial charge in [0.25, 0.3) is 0 Å². The fourth-order valence-corrected chi connectivity index (χ4v) is 4.84. The fraction of sp³-hybridized carbons (Fsp3) is 0.429. The van der Waals surface area contributed by atoms with E-state index in [0.717, 1.165) is 28.2 Å². The maximum atomic E-state index is 13.1. The second-order valence-electron chi connectivity index (χ2n) is 7.85. The van der Waals surface area contributed by atoms with Crippen LogP contribution in [-0.4, -0.2) is 74.9 Å². The van der Waals surface area contributed by atoms with Crippen molar-refractivity contribution in [1.29, 1.82) is 0 Å². The summed E-state index contributed by atoms with van der Waals surface area (Å²) in [4.78, 5) is 53.2. The Hall–Kier alpha value is -3.01. The normalized spacial score (nSPS) is 23.4. The van der Waals surface area contributed by atoms with Crippen LogP contribution >= 0.6 is 11.8 Å². The average molecular weight is 445 g/mol. The van der Waals surface area contributed by atoms with Gasteiger partial charge in [0.15, 0.2) is 0 Å². The summed E-state index contributed by atoms with van der Waals surface area (Å²) in [7, 11) is 0. The van der Waals surface area contributed by atoms with Crippen molar-refractivity contribution in [1.82, 2.24) is 20.5 Å². The number of hydrogen-bond acceptors (Lipinski definition) is 5. The topological polar surface area (TPSA) is 132 Å². The molecule has 10 heteroatoms. The molecule has 9 nitrogen and oxygen atoms in total. The van der Waals surface area contributed by atoms with E-state index in [0.29, 0.717) is 25.8 Å². The Balaban J connectivity index is 1.36. The zero-order valence-corrected chi connectivity index (χ0v) is 17.6. The van der Waals surface area contributed by atoms with E-state index in [-0.39, 0.29) is 35.3 Å². The zero-order valence-electron chi connectivity index (χ0n) is 16.8. The average Bonchev–Trinajstić information content (AvgIpc) is 3.14. The van der Waals surface area contributed by atoms with E-state index in [1.165, 1.54) is 0 Å². The lowest BCUT2D eigenvalue weighted by atomic mass is 9.91. The van der Waals surface area contributed by atoms with Crippen LogP contribution in [0.25, 0.3) is 10.9 Å². The van der Waals surface area contributed by atoms with Gasteiger partial charge in [0, 0.05) is 36.1 Å². The van der Waals surface area contributed by atoms with Crippen molar-refractivity contribution in [3.05, 3.63) is 36.0 Å². The molecular weight excluding hydrogens is 420 g/mol. The SMILES string of the molecule is O=C(O)CSCC(=O)NC1CCN2C(=O)C(Cc3c[nH]c4ccccc34)NC(=O)C2C1. The van der Waals surface area contributed by atoms with Crippen LogP contribution in [0, 0.1) is 0 Å². The first kappa shape index (κ1) is 21.2. The highest BCUT2D eigenvalue weighted by Gasteiger charge is 2.44. The number of benzene rings is 1. The molecule has 0 aliphatic carbocycles. The number of H-pyrrole nitrogens is 1. The summed E-state index contributed by atoms with van der Waals surface area (Å²) in [5.41, 5.74) is 1.97. The van der Waals surface area contributed by atoms with Crippen molar-refractivity contribution in [2.75, 3.05) is 18.1 Å². The Bertz CT molecular complexity index is 1020. The summed E-state index contributed by atoms with van der Waals surface area (Å²) in [5, 5.41) is 15.4. The molecule has 4 rings (SSSR count). The van der Waals surface area contributed by atoms with Crippen molar-refractivity contribution in [2.45, 2.75) is 37.4 Å². The largest absolute Gasteiger partial charge is 0.481 e. The van der Waals surface area contributed by atoms with Gasteiger partial charge in [-0.05, 0) is 24.5 Å². The highest BCUT2D eigenvalue weighted by Crippen LogP contribution is 2.25. The molecule has 31 heavy (non-hydrogen) atoms. The second-order valence-corrected chi connectivity index (χ2v) is 8.83. The number of aliphatic carboxylic acids is 1. The predicted molar refractivity (Wildman–Crippen MR) is 116 cm³/mol. The van der Waals surface area contributed by atoms with E-state index in [9.17, 15) is 19.2 Å². The predicted octanol–water partition coefficient (Wildman–Crippen LogP) is 0.502. The summed E-state index contributed by atoms with van der Waals surface area (Å²) in [5.74, 6) is -1.62. The minimum Gasteiger partial charge on any atom is -0.481 e. The van der Waals surface area contributed by atoms with E-state index in [1.54, 1.807) is 4.90 Å². The van der Waals surface area contributed by atoms with Crippen LogP contribution in [0.1, 0.15) is 18.4 Å². The number of aromatic nitrogens is 1. The van der Waals surface area contributed by atoms with Gasteiger partial charge < -0.3 is 25.6 Å². The molecule has 3 amide bonds. The van der Waals surface area contributed by atoms with Gasteiger partial charge in [0.05, 0.1) is 11.5 Å². The number of carboxylic acids is 1. The molecule has 2 aliphatic heterocycles. The number of thioether (sulfide) groups is 1. The first-order valence-corrected chi connectivity index (χ1v) is 11.3. The van der Waals surface area contributed by atoms with Gasteiger partial charge in [-0.15, -0.1) is 11.8 Å². The molecule has 1 aromatic heterocycles. The molecule has 3 heterocycles. The van der Waals surface area contributed by atoms with Crippen molar-refractivity contribution in [3.8, 4) is 0 Å². The van der Waals surface area contributed by atoms with Crippen LogP contribution in [0.5, 0.6) is 0 Å². The Morgan fingerprint density at radius 1 is 1.23 bits per heavy atom. The molecule has 0 radical (unpaired) electrons. The van der Waals surface area contributed by atoms with Gasteiger partial charge in [-0.3, -0.25) is 19.2 Å². The van der Waals surface area contributed by atoms with Crippen LogP contribution in [0.4, 0.5) is 0 Å². The van der Waals surface area contributed by atoms with Crippen LogP contribution in [0.2, 0.25) is 0 Å². The molecule has 0 spiro atoms. The molecule has 2 fully saturated rings. The third-order valence-electron chi connectivity index (χ3n) is 5.73. The smallest absolute Gasteiger partial charge is 0.313 e. The van der Waals surface area contributed by atoms with Crippen molar-refractivity contribution >= 4 is 46.4 Å². The molecule has 164 valence electrons. The fourth-order valence-electron chi connectivity index (χ4n) is 4.30. The van der Waals surface area contributed by atoms with Gasteiger partial charge in [-0.1, -0.05) is 18.2 Å². The van der Waals surface area contributed by atoms with Crippen LogP contribution in [0.15, 0.2) is 30.5 Å². The number of carbonyl (C=O) groups is 4. The van der Waals surface area contributed by atoms with E-state index >= 15 is 0 Å². The van der Waals surface area contributed by atoms with Crippen LogP contribution in [0.3, 0.4) is 0 Å². The standard InChI is InChI=1S/C21H24N4O5S/c26-18(10-31-11-19(27)28)23-13-5-6-25-17(8-13)20(29)24-16(21(25)30)7-12-9-22-15-4-2-1-3-14(12)15/h1-4,9,13,16-17,22H,5-8,10-11H2,(H,23,26)(H,24,29)(H,27,28). The van der Waals surface area contributed by atoms with Gasteiger partial charge in [0.2, 0.25) is 17.7 Å². The Morgan fingerprint density at radius 3 is 2.84 bits per heavy atom. The first-order chi connectivity index (χ1) is 14.9. The van der Waals surface area contributed by atoms with E-state index in [4.69, 9.17) is 5.11 Å². The Morgan fingerprint density at radius 2 is 2.03 bits per heavy atom. The van der Waals surface area contributed by atoms with Crippen molar-refractivity contribution in [3.63, 3.8) is 0 Å². The highest BCUT2D eigenvalue weighted by atomic mass is 32.2. The lowest BCUT2D eigenvalue weighted by molar-refractivity contribution is -0.151. The van der Waals surface area contributed by atoms with E-state index in [2.05, 4.69) is 15.6 Å². The second kappa shape index (κ2) is 9.01. The maximum absolute atomic E-state index is 13.1.